The zero-order valence-electron chi connectivity index (χ0n) is 10.6. The SMILES string of the molecule is C1CC2CNCC2N(Cc2noc(C3CC3)n2)C1. The van der Waals surface area contributed by atoms with Crippen LogP contribution >= 0.6 is 0 Å². The van der Waals surface area contributed by atoms with Crippen LogP contribution in [-0.2, 0) is 6.54 Å². The molecular formula is C13H20N4O. The summed E-state index contributed by atoms with van der Waals surface area (Å²) in [5.74, 6) is 3.13. The highest BCUT2D eigenvalue weighted by molar-refractivity contribution is 5.02. The van der Waals surface area contributed by atoms with Crippen LogP contribution in [0.5, 0.6) is 0 Å². The zero-order valence-corrected chi connectivity index (χ0v) is 10.6. The summed E-state index contributed by atoms with van der Waals surface area (Å²) in [5, 5.41) is 7.65. The van der Waals surface area contributed by atoms with E-state index in [1.165, 1.54) is 38.8 Å². The number of fused-ring (bicyclic) bond motifs is 1. The van der Waals surface area contributed by atoms with Crippen LogP contribution in [0.2, 0.25) is 0 Å². The van der Waals surface area contributed by atoms with Crippen LogP contribution in [0.15, 0.2) is 4.52 Å². The Labute approximate surface area is 107 Å². The molecule has 3 aliphatic rings. The molecule has 5 heteroatoms. The molecule has 3 fully saturated rings. The summed E-state index contributed by atoms with van der Waals surface area (Å²) < 4.78 is 5.34. The highest BCUT2D eigenvalue weighted by Crippen LogP contribution is 2.39. The van der Waals surface area contributed by atoms with Crippen molar-refractivity contribution in [1.82, 2.24) is 20.4 Å². The van der Waals surface area contributed by atoms with Gasteiger partial charge in [-0.3, -0.25) is 4.90 Å². The van der Waals surface area contributed by atoms with E-state index >= 15 is 0 Å². The highest BCUT2D eigenvalue weighted by atomic mass is 16.5. The summed E-state index contributed by atoms with van der Waals surface area (Å²) in [7, 11) is 0. The maximum Gasteiger partial charge on any atom is 0.229 e. The van der Waals surface area contributed by atoms with Crippen LogP contribution in [0.4, 0.5) is 0 Å². The van der Waals surface area contributed by atoms with Crippen molar-refractivity contribution < 1.29 is 4.52 Å². The molecule has 1 aromatic heterocycles. The molecule has 1 aromatic rings. The number of likely N-dealkylation sites (tertiary alicyclic amines) is 1. The van der Waals surface area contributed by atoms with Crippen molar-refractivity contribution in [2.24, 2.45) is 5.92 Å². The van der Waals surface area contributed by atoms with Crippen molar-refractivity contribution >= 4 is 0 Å². The van der Waals surface area contributed by atoms with Crippen LogP contribution in [0, 0.1) is 5.92 Å². The summed E-state index contributed by atoms with van der Waals surface area (Å²) in [6, 6.07) is 0.682. The Bertz CT molecular complexity index is 428. The molecule has 2 aliphatic heterocycles. The first-order valence-corrected chi connectivity index (χ1v) is 7.17. The average molecular weight is 248 g/mol. The van der Waals surface area contributed by atoms with Crippen molar-refractivity contribution in [2.75, 3.05) is 19.6 Å². The molecule has 1 saturated carbocycles. The van der Waals surface area contributed by atoms with Gasteiger partial charge in [0.1, 0.15) is 0 Å². The van der Waals surface area contributed by atoms with Gasteiger partial charge in [0.15, 0.2) is 5.82 Å². The zero-order chi connectivity index (χ0) is 11.9. The largest absolute Gasteiger partial charge is 0.339 e. The normalized spacial score (nSPS) is 32.7. The molecule has 2 unspecified atom stereocenters. The number of nitrogens with one attached hydrogen (secondary N) is 1. The second-order valence-electron chi connectivity index (χ2n) is 5.92. The summed E-state index contributed by atoms with van der Waals surface area (Å²) in [5.41, 5.74) is 0. The van der Waals surface area contributed by atoms with Crippen LogP contribution in [-0.4, -0.2) is 40.7 Å². The van der Waals surface area contributed by atoms with Gasteiger partial charge in [-0.1, -0.05) is 5.16 Å². The van der Waals surface area contributed by atoms with Crippen molar-refractivity contribution in [2.45, 2.75) is 44.2 Å². The van der Waals surface area contributed by atoms with E-state index in [1.54, 1.807) is 0 Å². The van der Waals surface area contributed by atoms with Gasteiger partial charge in [-0.15, -0.1) is 0 Å². The Balaban J connectivity index is 1.45. The van der Waals surface area contributed by atoms with E-state index in [4.69, 9.17) is 4.52 Å². The number of hydrogen-bond donors (Lipinski definition) is 1. The number of piperidine rings is 1. The van der Waals surface area contributed by atoms with E-state index in [0.29, 0.717) is 12.0 Å². The first kappa shape index (κ1) is 10.9. The molecule has 3 heterocycles. The van der Waals surface area contributed by atoms with Gasteiger partial charge < -0.3 is 9.84 Å². The first-order chi connectivity index (χ1) is 8.90. The Morgan fingerprint density at radius 3 is 3.11 bits per heavy atom. The van der Waals surface area contributed by atoms with Crippen LogP contribution < -0.4 is 5.32 Å². The molecular weight excluding hydrogens is 228 g/mol. The van der Waals surface area contributed by atoms with Crippen LogP contribution in [0.3, 0.4) is 0 Å². The molecule has 4 rings (SSSR count). The second-order valence-corrected chi connectivity index (χ2v) is 5.92. The fourth-order valence-electron chi connectivity index (χ4n) is 3.37. The summed E-state index contributed by atoms with van der Waals surface area (Å²) in [6.45, 7) is 4.34. The standard InChI is InChI=1S/C13H20N4O/c1-2-10-6-14-7-11(10)17(5-1)8-12-15-13(18-16-12)9-3-4-9/h9-11,14H,1-8H2. The van der Waals surface area contributed by atoms with Gasteiger partial charge >= 0.3 is 0 Å². The third-order valence-electron chi connectivity index (χ3n) is 4.55. The molecule has 98 valence electrons. The predicted molar refractivity (Wildman–Crippen MR) is 66.1 cm³/mol. The molecule has 2 atom stereocenters. The molecule has 1 N–H and O–H groups in total. The van der Waals surface area contributed by atoms with Crippen molar-refractivity contribution in [3.8, 4) is 0 Å². The van der Waals surface area contributed by atoms with Gasteiger partial charge in [-0.05, 0) is 44.7 Å². The number of nitrogens with zero attached hydrogens (tertiary/aromatic N) is 3. The molecule has 18 heavy (non-hydrogen) atoms. The van der Waals surface area contributed by atoms with E-state index in [9.17, 15) is 0 Å². The van der Waals surface area contributed by atoms with E-state index in [1.807, 2.05) is 0 Å². The molecule has 0 spiro atoms. The van der Waals surface area contributed by atoms with E-state index in [-0.39, 0.29) is 0 Å². The lowest BCUT2D eigenvalue weighted by Gasteiger charge is -2.36. The number of hydrogen-bond acceptors (Lipinski definition) is 5. The van der Waals surface area contributed by atoms with E-state index in [0.717, 1.165) is 30.7 Å². The summed E-state index contributed by atoms with van der Waals surface area (Å²) in [6.07, 6.45) is 5.11. The van der Waals surface area contributed by atoms with Crippen molar-refractivity contribution in [3.05, 3.63) is 11.7 Å². The van der Waals surface area contributed by atoms with Crippen molar-refractivity contribution in [1.29, 1.82) is 0 Å². The molecule has 0 aromatic carbocycles. The fourth-order valence-corrected chi connectivity index (χ4v) is 3.37. The Kier molecular flexibility index (Phi) is 2.62. The van der Waals surface area contributed by atoms with Crippen LogP contribution in [0.1, 0.15) is 43.3 Å². The Morgan fingerprint density at radius 1 is 1.28 bits per heavy atom. The minimum absolute atomic E-state index is 0.563. The molecule has 1 aliphatic carbocycles. The fraction of sp³-hybridized carbons (Fsp3) is 0.846. The maximum absolute atomic E-state index is 5.34. The van der Waals surface area contributed by atoms with E-state index in [2.05, 4.69) is 20.4 Å². The topological polar surface area (TPSA) is 54.2 Å². The second kappa shape index (κ2) is 4.31. The number of aromatic nitrogens is 2. The van der Waals surface area contributed by atoms with Gasteiger partial charge in [0, 0.05) is 18.5 Å². The number of rotatable bonds is 3. The smallest absolute Gasteiger partial charge is 0.229 e. The maximum atomic E-state index is 5.34. The quantitative estimate of drug-likeness (QED) is 0.869. The van der Waals surface area contributed by atoms with Crippen molar-refractivity contribution in [3.63, 3.8) is 0 Å². The van der Waals surface area contributed by atoms with Gasteiger partial charge in [0.25, 0.3) is 0 Å². The Hall–Kier alpha value is -0.940. The van der Waals surface area contributed by atoms with Gasteiger partial charge in [0.05, 0.1) is 6.54 Å². The molecule has 2 saturated heterocycles. The lowest BCUT2D eigenvalue weighted by atomic mass is 9.92. The van der Waals surface area contributed by atoms with Gasteiger partial charge in [0.2, 0.25) is 5.89 Å². The third kappa shape index (κ3) is 1.95. The monoisotopic (exact) mass is 248 g/mol. The van der Waals surface area contributed by atoms with E-state index < -0.39 is 0 Å². The van der Waals surface area contributed by atoms with Gasteiger partial charge in [-0.2, -0.15) is 4.98 Å². The molecule has 0 radical (unpaired) electrons. The lowest BCUT2D eigenvalue weighted by Crippen LogP contribution is -2.44. The van der Waals surface area contributed by atoms with Gasteiger partial charge in [-0.25, -0.2) is 0 Å². The predicted octanol–water partition coefficient (Wildman–Crippen LogP) is 1.13. The Morgan fingerprint density at radius 2 is 2.22 bits per heavy atom. The lowest BCUT2D eigenvalue weighted by molar-refractivity contribution is 0.113. The minimum atomic E-state index is 0.563. The van der Waals surface area contributed by atoms with Crippen LogP contribution in [0.25, 0.3) is 0 Å². The molecule has 5 nitrogen and oxygen atoms in total. The minimum Gasteiger partial charge on any atom is -0.339 e. The summed E-state index contributed by atoms with van der Waals surface area (Å²) >= 11 is 0. The highest BCUT2D eigenvalue weighted by Gasteiger charge is 2.36. The molecule has 0 amide bonds. The third-order valence-corrected chi connectivity index (χ3v) is 4.55. The summed E-state index contributed by atoms with van der Waals surface area (Å²) in [4.78, 5) is 7.08. The average Bonchev–Trinajstić information content (AvgIpc) is 2.94. The molecule has 0 bridgehead atoms. The first-order valence-electron chi connectivity index (χ1n) is 7.17.